The summed E-state index contributed by atoms with van der Waals surface area (Å²) in [4.78, 5) is 19.6. The van der Waals surface area contributed by atoms with Gasteiger partial charge in [0.05, 0.1) is 6.61 Å². The molecule has 4 nitrogen and oxygen atoms in total. The fourth-order valence-electron chi connectivity index (χ4n) is 1.95. The van der Waals surface area contributed by atoms with Crippen LogP contribution < -0.4 is 0 Å². The molecule has 0 radical (unpaired) electrons. The minimum absolute atomic E-state index is 0.334. The second kappa shape index (κ2) is 6.57. The van der Waals surface area contributed by atoms with Crippen molar-refractivity contribution in [2.45, 2.75) is 26.7 Å². The molecule has 0 aliphatic heterocycles. The number of hydrogen-bond donors (Lipinski definition) is 1. The molecule has 2 aromatic rings. The number of rotatable bonds is 5. The molecule has 1 aromatic carbocycles. The summed E-state index contributed by atoms with van der Waals surface area (Å²) in [5, 5.41) is 0.649. The number of nitrogens with zero attached hydrogens (tertiary/aromatic N) is 1. The van der Waals surface area contributed by atoms with Crippen molar-refractivity contribution < 1.29 is 9.53 Å². The molecule has 0 aliphatic carbocycles. The molecule has 0 aliphatic rings. The van der Waals surface area contributed by atoms with Crippen LogP contribution in [0, 0.1) is 0 Å². The van der Waals surface area contributed by atoms with Gasteiger partial charge in [-0.1, -0.05) is 30.7 Å². The molecule has 1 aromatic heterocycles. The number of esters is 1. The highest BCUT2D eigenvalue weighted by Crippen LogP contribution is 2.24. The lowest BCUT2D eigenvalue weighted by molar-refractivity contribution is 0.0521. The summed E-state index contributed by atoms with van der Waals surface area (Å²) in [6, 6.07) is 7.24. The zero-order chi connectivity index (χ0) is 14.5. The van der Waals surface area contributed by atoms with Crippen molar-refractivity contribution in [2.75, 3.05) is 6.61 Å². The first kappa shape index (κ1) is 14.6. The second-order valence-corrected chi connectivity index (χ2v) is 4.82. The SMILES string of the molecule is CCCc1nc(-c2ccc(Cl)cc2)c(C(=O)OCC)[nH]1. The van der Waals surface area contributed by atoms with E-state index >= 15 is 0 Å². The van der Waals surface area contributed by atoms with E-state index in [-0.39, 0.29) is 5.97 Å². The van der Waals surface area contributed by atoms with Gasteiger partial charge in [0.2, 0.25) is 0 Å². The van der Waals surface area contributed by atoms with E-state index in [1.54, 1.807) is 19.1 Å². The zero-order valence-corrected chi connectivity index (χ0v) is 12.3. The molecule has 0 spiro atoms. The maximum atomic E-state index is 12.0. The van der Waals surface area contributed by atoms with Crippen LogP contribution in [0.2, 0.25) is 5.02 Å². The van der Waals surface area contributed by atoms with E-state index in [9.17, 15) is 4.79 Å². The van der Waals surface area contributed by atoms with E-state index in [2.05, 4.69) is 16.9 Å². The van der Waals surface area contributed by atoms with Gasteiger partial charge in [0.25, 0.3) is 0 Å². The van der Waals surface area contributed by atoms with Gasteiger partial charge in [0, 0.05) is 17.0 Å². The lowest BCUT2D eigenvalue weighted by atomic mass is 10.1. The molecule has 0 atom stereocenters. The highest BCUT2D eigenvalue weighted by molar-refractivity contribution is 6.30. The number of aryl methyl sites for hydroxylation is 1. The van der Waals surface area contributed by atoms with Crippen molar-refractivity contribution in [1.82, 2.24) is 9.97 Å². The van der Waals surface area contributed by atoms with Crippen LogP contribution >= 0.6 is 11.6 Å². The lowest BCUT2D eigenvalue weighted by Crippen LogP contribution is -2.06. The monoisotopic (exact) mass is 292 g/mol. The Bertz CT molecular complexity index is 590. The number of hydrogen-bond acceptors (Lipinski definition) is 3. The van der Waals surface area contributed by atoms with Crippen molar-refractivity contribution >= 4 is 17.6 Å². The van der Waals surface area contributed by atoms with Crippen LogP contribution in [0.4, 0.5) is 0 Å². The first-order chi connectivity index (χ1) is 9.65. The van der Waals surface area contributed by atoms with Crippen molar-refractivity contribution in [3.05, 3.63) is 40.8 Å². The van der Waals surface area contributed by atoms with Crippen LogP contribution in [0.1, 0.15) is 36.6 Å². The number of imidazole rings is 1. The molecule has 106 valence electrons. The van der Waals surface area contributed by atoms with Crippen molar-refractivity contribution in [3.63, 3.8) is 0 Å². The molecule has 1 heterocycles. The molecule has 1 N–H and O–H groups in total. The van der Waals surface area contributed by atoms with E-state index in [1.165, 1.54) is 0 Å². The third kappa shape index (κ3) is 3.20. The minimum atomic E-state index is -0.382. The molecule has 0 saturated carbocycles. The predicted octanol–water partition coefficient (Wildman–Crippen LogP) is 3.86. The van der Waals surface area contributed by atoms with Crippen LogP contribution in [-0.4, -0.2) is 22.5 Å². The summed E-state index contributed by atoms with van der Waals surface area (Å²) >= 11 is 5.89. The molecule has 0 unspecified atom stereocenters. The number of carbonyl (C=O) groups excluding carboxylic acids is 1. The average Bonchev–Trinajstić information content (AvgIpc) is 2.84. The summed E-state index contributed by atoms with van der Waals surface area (Å²) in [7, 11) is 0. The van der Waals surface area contributed by atoms with Crippen molar-refractivity contribution in [3.8, 4) is 11.3 Å². The normalized spacial score (nSPS) is 10.6. The van der Waals surface area contributed by atoms with Gasteiger partial charge in [-0.25, -0.2) is 9.78 Å². The quantitative estimate of drug-likeness (QED) is 0.851. The Morgan fingerprint density at radius 2 is 2.00 bits per heavy atom. The van der Waals surface area contributed by atoms with Crippen molar-refractivity contribution in [1.29, 1.82) is 0 Å². The highest BCUT2D eigenvalue weighted by atomic mass is 35.5. The molecule has 0 amide bonds. The van der Waals surface area contributed by atoms with Gasteiger partial charge in [-0.15, -0.1) is 0 Å². The van der Waals surface area contributed by atoms with Gasteiger partial charge in [-0.3, -0.25) is 0 Å². The maximum absolute atomic E-state index is 12.0. The fraction of sp³-hybridized carbons (Fsp3) is 0.333. The van der Waals surface area contributed by atoms with Gasteiger partial charge in [0.15, 0.2) is 5.69 Å². The second-order valence-electron chi connectivity index (χ2n) is 4.38. The van der Waals surface area contributed by atoms with E-state index in [0.29, 0.717) is 23.0 Å². The van der Waals surface area contributed by atoms with E-state index in [1.807, 2.05) is 12.1 Å². The fourth-order valence-corrected chi connectivity index (χ4v) is 2.07. The van der Waals surface area contributed by atoms with E-state index < -0.39 is 0 Å². The third-order valence-corrected chi connectivity index (χ3v) is 3.09. The van der Waals surface area contributed by atoms with Gasteiger partial charge >= 0.3 is 5.97 Å². The van der Waals surface area contributed by atoms with Crippen LogP contribution in [0.25, 0.3) is 11.3 Å². The summed E-state index contributed by atoms with van der Waals surface area (Å²) in [5.41, 5.74) is 1.86. The zero-order valence-electron chi connectivity index (χ0n) is 11.6. The van der Waals surface area contributed by atoms with Crippen LogP contribution in [-0.2, 0) is 11.2 Å². The highest BCUT2D eigenvalue weighted by Gasteiger charge is 2.19. The van der Waals surface area contributed by atoms with Gasteiger partial charge in [-0.2, -0.15) is 0 Å². The number of ether oxygens (including phenoxy) is 1. The first-order valence-electron chi connectivity index (χ1n) is 6.67. The average molecular weight is 293 g/mol. The molecule has 0 bridgehead atoms. The summed E-state index contributed by atoms with van der Waals surface area (Å²) in [5.74, 6) is 0.410. The number of carbonyl (C=O) groups is 1. The van der Waals surface area contributed by atoms with E-state index in [4.69, 9.17) is 16.3 Å². The number of aromatic nitrogens is 2. The standard InChI is InChI=1S/C15H17ClN2O2/c1-3-5-12-17-13(10-6-8-11(16)9-7-10)14(18-12)15(19)20-4-2/h6-9H,3-5H2,1-2H3,(H,17,18). The van der Waals surface area contributed by atoms with Crippen LogP contribution in [0.15, 0.2) is 24.3 Å². The topological polar surface area (TPSA) is 55.0 Å². The van der Waals surface area contributed by atoms with Crippen LogP contribution in [0.5, 0.6) is 0 Å². The van der Waals surface area contributed by atoms with Gasteiger partial charge in [-0.05, 0) is 25.5 Å². The van der Waals surface area contributed by atoms with Gasteiger partial charge < -0.3 is 9.72 Å². The number of benzene rings is 1. The number of nitrogens with one attached hydrogen (secondary N) is 1. The first-order valence-corrected chi connectivity index (χ1v) is 7.05. The Morgan fingerprint density at radius 3 is 2.60 bits per heavy atom. The Kier molecular flexibility index (Phi) is 4.79. The number of aromatic amines is 1. The summed E-state index contributed by atoms with van der Waals surface area (Å²) in [6.45, 7) is 4.18. The van der Waals surface area contributed by atoms with Crippen LogP contribution in [0.3, 0.4) is 0 Å². The molecule has 0 fully saturated rings. The molecular weight excluding hydrogens is 276 g/mol. The Morgan fingerprint density at radius 1 is 1.30 bits per heavy atom. The van der Waals surface area contributed by atoms with Crippen molar-refractivity contribution in [2.24, 2.45) is 0 Å². The predicted molar refractivity (Wildman–Crippen MR) is 79.0 cm³/mol. The van der Waals surface area contributed by atoms with E-state index in [0.717, 1.165) is 24.2 Å². The maximum Gasteiger partial charge on any atom is 0.357 e. The molecule has 0 saturated heterocycles. The lowest BCUT2D eigenvalue weighted by Gasteiger charge is -2.02. The number of halogens is 1. The minimum Gasteiger partial charge on any atom is -0.461 e. The Balaban J connectivity index is 2.43. The summed E-state index contributed by atoms with van der Waals surface area (Å²) in [6.07, 6.45) is 1.75. The molecular formula is C15H17ClN2O2. The van der Waals surface area contributed by atoms with Gasteiger partial charge in [0.1, 0.15) is 11.5 Å². The largest absolute Gasteiger partial charge is 0.461 e. The smallest absolute Gasteiger partial charge is 0.357 e. The Labute approximate surface area is 123 Å². The number of H-pyrrole nitrogens is 1. The Hall–Kier alpha value is -1.81. The molecule has 5 heteroatoms. The molecule has 20 heavy (non-hydrogen) atoms. The summed E-state index contributed by atoms with van der Waals surface area (Å²) < 4.78 is 5.07. The molecule has 2 rings (SSSR count). The third-order valence-electron chi connectivity index (χ3n) is 2.84.